The number of carboxylic acids is 1. The molecule has 2 rings (SSSR count). The highest BCUT2D eigenvalue weighted by molar-refractivity contribution is 5.74. The third kappa shape index (κ3) is 3.81. The number of likely N-dealkylation sites (tertiary alicyclic amines) is 1. The van der Waals surface area contributed by atoms with Crippen LogP contribution in [0, 0.1) is 0 Å². The summed E-state index contributed by atoms with van der Waals surface area (Å²) >= 11 is 0. The summed E-state index contributed by atoms with van der Waals surface area (Å²) in [4.78, 5) is 24.2. The zero-order valence-electron chi connectivity index (χ0n) is 11.0. The van der Waals surface area contributed by atoms with Crippen molar-refractivity contribution in [2.45, 2.75) is 44.0 Å². The Morgan fingerprint density at radius 1 is 1.37 bits per heavy atom. The van der Waals surface area contributed by atoms with E-state index < -0.39 is 18.0 Å². The molecule has 3 N–H and O–H groups in total. The number of fused-ring (bicyclic) bond motifs is 2. The molecule has 2 saturated heterocycles. The molecule has 0 aliphatic carbocycles. The second-order valence-corrected chi connectivity index (χ2v) is 5.59. The standard InChI is InChI=1S/C12H20N2O5/c1-12(18,4-10(15)16)7-13-11(17)14-5-8-2-3-9(6-14)19-8/h8-9,18H,2-7H2,1H3,(H,13,17)(H,15,16). The van der Waals surface area contributed by atoms with Crippen molar-refractivity contribution in [3.63, 3.8) is 0 Å². The third-order valence-electron chi connectivity index (χ3n) is 3.48. The van der Waals surface area contributed by atoms with Gasteiger partial charge in [-0.1, -0.05) is 0 Å². The monoisotopic (exact) mass is 272 g/mol. The normalized spacial score (nSPS) is 28.8. The molecular weight excluding hydrogens is 252 g/mol. The van der Waals surface area contributed by atoms with Crippen LogP contribution in [0.15, 0.2) is 0 Å². The Bertz CT molecular complexity index is 359. The fraction of sp³-hybridized carbons (Fsp3) is 0.833. The smallest absolute Gasteiger partial charge is 0.317 e. The molecule has 0 spiro atoms. The van der Waals surface area contributed by atoms with E-state index in [4.69, 9.17) is 9.84 Å². The van der Waals surface area contributed by atoms with Crippen molar-refractivity contribution >= 4 is 12.0 Å². The molecule has 2 bridgehead atoms. The van der Waals surface area contributed by atoms with Gasteiger partial charge in [-0.25, -0.2) is 4.79 Å². The average molecular weight is 272 g/mol. The minimum atomic E-state index is -1.44. The van der Waals surface area contributed by atoms with Gasteiger partial charge in [0.2, 0.25) is 0 Å². The van der Waals surface area contributed by atoms with E-state index in [2.05, 4.69) is 5.32 Å². The van der Waals surface area contributed by atoms with Gasteiger partial charge < -0.3 is 25.2 Å². The number of aliphatic hydroxyl groups is 1. The number of carbonyl (C=O) groups is 2. The van der Waals surface area contributed by atoms with Crippen LogP contribution in [0.1, 0.15) is 26.2 Å². The highest BCUT2D eigenvalue weighted by Crippen LogP contribution is 2.26. The fourth-order valence-corrected chi connectivity index (χ4v) is 2.55. The number of amides is 2. The van der Waals surface area contributed by atoms with Crippen LogP contribution >= 0.6 is 0 Å². The van der Waals surface area contributed by atoms with Crippen molar-refractivity contribution in [1.29, 1.82) is 0 Å². The van der Waals surface area contributed by atoms with E-state index in [9.17, 15) is 14.7 Å². The van der Waals surface area contributed by atoms with Crippen molar-refractivity contribution in [2.24, 2.45) is 0 Å². The predicted molar refractivity (Wildman–Crippen MR) is 65.7 cm³/mol. The number of urea groups is 1. The molecule has 2 fully saturated rings. The molecule has 2 aliphatic heterocycles. The molecule has 19 heavy (non-hydrogen) atoms. The fourth-order valence-electron chi connectivity index (χ4n) is 2.55. The highest BCUT2D eigenvalue weighted by atomic mass is 16.5. The van der Waals surface area contributed by atoms with Crippen LogP contribution < -0.4 is 5.32 Å². The van der Waals surface area contributed by atoms with Gasteiger partial charge in [0.1, 0.15) is 0 Å². The molecule has 108 valence electrons. The molecule has 0 aromatic carbocycles. The van der Waals surface area contributed by atoms with E-state index in [1.807, 2.05) is 0 Å². The van der Waals surface area contributed by atoms with Gasteiger partial charge in [0.05, 0.1) is 24.2 Å². The van der Waals surface area contributed by atoms with Crippen LogP contribution in [0.3, 0.4) is 0 Å². The summed E-state index contributed by atoms with van der Waals surface area (Å²) in [7, 11) is 0. The summed E-state index contributed by atoms with van der Waals surface area (Å²) in [6.07, 6.45) is 1.78. The predicted octanol–water partition coefficient (Wildman–Crippen LogP) is -0.215. The Morgan fingerprint density at radius 2 is 1.95 bits per heavy atom. The van der Waals surface area contributed by atoms with Crippen LogP contribution in [0.25, 0.3) is 0 Å². The molecule has 0 aromatic rings. The molecule has 7 nitrogen and oxygen atoms in total. The SMILES string of the molecule is CC(O)(CNC(=O)N1CC2CCC(C1)O2)CC(=O)O. The first-order valence-electron chi connectivity index (χ1n) is 6.48. The summed E-state index contributed by atoms with van der Waals surface area (Å²) < 4.78 is 5.63. The minimum absolute atomic E-state index is 0.0785. The minimum Gasteiger partial charge on any atom is -0.481 e. The van der Waals surface area contributed by atoms with Crippen LogP contribution in [0.4, 0.5) is 4.79 Å². The van der Waals surface area contributed by atoms with E-state index in [1.54, 1.807) is 4.90 Å². The maximum absolute atomic E-state index is 12.0. The number of aliphatic carboxylic acids is 1. The second kappa shape index (κ2) is 5.34. The summed E-state index contributed by atoms with van der Waals surface area (Å²) in [6.45, 7) is 2.43. The molecule has 2 amide bonds. The molecule has 0 radical (unpaired) electrons. The summed E-state index contributed by atoms with van der Waals surface area (Å²) in [5.41, 5.74) is -1.44. The summed E-state index contributed by atoms with van der Waals surface area (Å²) in [5.74, 6) is -1.09. The first-order valence-corrected chi connectivity index (χ1v) is 6.48. The number of morpholine rings is 1. The van der Waals surface area contributed by atoms with Gasteiger partial charge in [0.15, 0.2) is 0 Å². The van der Waals surface area contributed by atoms with Gasteiger partial charge >= 0.3 is 12.0 Å². The van der Waals surface area contributed by atoms with Crippen molar-refractivity contribution in [2.75, 3.05) is 19.6 Å². The average Bonchev–Trinajstić information content (AvgIpc) is 2.63. The molecule has 3 unspecified atom stereocenters. The van der Waals surface area contributed by atoms with Crippen LogP contribution in [0.2, 0.25) is 0 Å². The maximum Gasteiger partial charge on any atom is 0.317 e. The Labute approximate surface area is 111 Å². The lowest BCUT2D eigenvalue weighted by Gasteiger charge is -2.33. The Morgan fingerprint density at radius 3 is 2.47 bits per heavy atom. The van der Waals surface area contributed by atoms with Crippen molar-refractivity contribution in [3.8, 4) is 0 Å². The van der Waals surface area contributed by atoms with Gasteiger partial charge in [0, 0.05) is 19.6 Å². The van der Waals surface area contributed by atoms with E-state index in [0.717, 1.165) is 12.8 Å². The Balaban J connectivity index is 1.79. The number of hydrogen-bond donors (Lipinski definition) is 3. The zero-order chi connectivity index (χ0) is 14.0. The van der Waals surface area contributed by atoms with Gasteiger partial charge in [-0.05, 0) is 19.8 Å². The third-order valence-corrected chi connectivity index (χ3v) is 3.48. The van der Waals surface area contributed by atoms with Crippen molar-refractivity contribution in [1.82, 2.24) is 10.2 Å². The van der Waals surface area contributed by atoms with E-state index >= 15 is 0 Å². The Hall–Kier alpha value is -1.34. The molecule has 7 heteroatoms. The van der Waals surface area contributed by atoms with Gasteiger partial charge in [-0.2, -0.15) is 0 Å². The highest BCUT2D eigenvalue weighted by Gasteiger charge is 2.36. The summed E-state index contributed by atoms with van der Waals surface area (Å²) in [6, 6.07) is -0.272. The summed E-state index contributed by atoms with van der Waals surface area (Å²) in [5, 5.41) is 21.0. The zero-order valence-corrected chi connectivity index (χ0v) is 11.0. The largest absolute Gasteiger partial charge is 0.481 e. The molecule has 2 aliphatic rings. The first-order chi connectivity index (χ1) is 8.85. The van der Waals surface area contributed by atoms with Crippen molar-refractivity contribution < 1.29 is 24.5 Å². The number of rotatable bonds is 4. The lowest BCUT2D eigenvalue weighted by atomic mass is 10.0. The van der Waals surface area contributed by atoms with Crippen LogP contribution in [-0.4, -0.2) is 64.6 Å². The van der Waals surface area contributed by atoms with E-state index in [-0.39, 0.29) is 24.8 Å². The topological polar surface area (TPSA) is 99.1 Å². The van der Waals surface area contributed by atoms with Gasteiger partial charge in [-0.3, -0.25) is 4.79 Å². The van der Waals surface area contributed by atoms with Crippen molar-refractivity contribution in [3.05, 3.63) is 0 Å². The molecular formula is C12H20N2O5. The van der Waals surface area contributed by atoms with Crippen LogP contribution in [0.5, 0.6) is 0 Å². The number of carboxylic acid groups (broad SMARTS) is 1. The Kier molecular flexibility index (Phi) is 3.96. The first kappa shape index (κ1) is 14.1. The van der Waals surface area contributed by atoms with Gasteiger partial charge in [-0.15, -0.1) is 0 Å². The number of ether oxygens (including phenoxy) is 1. The molecule has 0 aromatic heterocycles. The maximum atomic E-state index is 12.0. The quantitative estimate of drug-likeness (QED) is 0.657. The number of carbonyl (C=O) groups excluding carboxylic acids is 1. The van der Waals surface area contributed by atoms with E-state index in [1.165, 1.54) is 6.92 Å². The number of nitrogens with zero attached hydrogens (tertiary/aromatic N) is 1. The molecule has 3 atom stereocenters. The lowest BCUT2D eigenvalue weighted by Crippen LogP contribution is -2.52. The number of hydrogen-bond acceptors (Lipinski definition) is 4. The van der Waals surface area contributed by atoms with E-state index in [0.29, 0.717) is 13.1 Å². The molecule has 0 saturated carbocycles. The second-order valence-electron chi connectivity index (χ2n) is 5.59. The number of nitrogens with one attached hydrogen (secondary N) is 1. The van der Waals surface area contributed by atoms with Gasteiger partial charge in [0.25, 0.3) is 0 Å². The van der Waals surface area contributed by atoms with Crippen LogP contribution in [-0.2, 0) is 9.53 Å². The molecule has 2 heterocycles. The lowest BCUT2D eigenvalue weighted by molar-refractivity contribution is -0.141.